The lowest BCUT2D eigenvalue weighted by Gasteiger charge is -2.33. The minimum Gasteiger partial charge on any atom is -0.345 e. The number of piperidine rings is 1. The standard InChI is InChI=1S/C17H24N4O3/c1-20-10-13(8-15(20)22)17(23)21-6-2-3-11(9-21)7-14-18-16(19-24-14)12-4-5-12/h11-13H,2-10H2,1H3/t11-,13+/m0/s1. The SMILES string of the molecule is CN1C[C@H](C(=O)N2CCC[C@@H](Cc3nc(C4CC4)no3)C2)CC1=O. The number of carbonyl (C=O) groups is 2. The van der Waals surface area contributed by atoms with Crippen molar-refractivity contribution in [3.05, 3.63) is 11.7 Å². The van der Waals surface area contributed by atoms with Crippen LogP contribution in [0.15, 0.2) is 4.52 Å². The number of rotatable bonds is 4. The maximum absolute atomic E-state index is 12.7. The summed E-state index contributed by atoms with van der Waals surface area (Å²) in [6, 6.07) is 0. The molecule has 0 unspecified atom stereocenters. The van der Waals surface area contributed by atoms with E-state index in [0.29, 0.717) is 30.7 Å². The van der Waals surface area contributed by atoms with Crippen LogP contribution in [0, 0.1) is 11.8 Å². The summed E-state index contributed by atoms with van der Waals surface area (Å²) in [5.41, 5.74) is 0. The molecular formula is C17H24N4O3. The lowest BCUT2D eigenvalue weighted by Crippen LogP contribution is -2.44. The lowest BCUT2D eigenvalue weighted by atomic mass is 9.93. The fraction of sp³-hybridized carbons (Fsp3) is 0.765. The number of carbonyl (C=O) groups excluding carboxylic acids is 2. The van der Waals surface area contributed by atoms with E-state index in [4.69, 9.17) is 4.52 Å². The second-order valence-electron chi connectivity index (χ2n) is 7.49. The van der Waals surface area contributed by atoms with Gasteiger partial charge >= 0.3 is 0 Å². The molecule has 0 N–H and O–H groups in total. The van der Waals surface area contributed by atoms with Crippen LogP contribution in [-0.4, -0.2) is 58.4 Å². The Morgan fingerprint density at radius 3 is 2.83 bits per heavy atom. The summed E-state index contributed by atoms with van der Waals surface area (Å²) in [6.45, 7) is 2.07. The van der Waals surface area contributed by atoms with Crippen molar-refractivity contribution in [2.75, 3.05) is 26.7 Å². The van der Waals surface area contributed by atoms with Gasteiger partial charge in [-0.3, -0.25) is 9.59 Å². The number of likely N-dealkylation sites (tertiary alicyclic amines) is 2. The number of hydrogen-bond donors (Lipinski definition) is 0. The van der Waals surface area contributed by atoms with E-state index in [-0.39, 0.29) is 17.7 Å². The van der Waals surface area contributed by atoms with Crippen molar-refractivity contribution in [1.82, 2.24) is 19.9 Å². The van der Waals surface area contributed by atoms with E-state index in [9.17, 15) is 9.59 Å². The predicted molar refractivity (Wildman–Crippen MR) is 85.0 cm³/mol. The molecule has 1 aromatic heterocycles. The molecule has 1 saturated carbocycles. The largest absolute Gasteiger partial charge is 0.345 e. The Labute approximate surface area is 141 Å². The van der Waals surface area contributed by atoms with Gasteiger partial charge in [-0.15, -0.1) is 0 Å². The van der Waals surface area contributed by atoms with Crippen molar-refractivity contribution in [3.63, 3.8) is 0 Å². The summed E-state index contributed by atoms with van der Waals surface area (Å²) in [6.07, 6.45) is 5.50. The van der Waals surface area contributed by atoms with Gasteiger partial charge in [0.2, 0.25) is 17.7 Å². The first kappa shape index (κ1) is 15.6. The number of nitrogens with zero attached hydrogens (tertiary/aromatic N) is 4. The summed E-state index contributed by atoms with van der Waals surface area (Å²) >= 11 is 0. The molecular weight excluding hydrogens is 308 g/mol. The Hall–Kier alpha value is -1.92. The van der Waals surface area contributed by atoms with Gasteiger partial charge in [-0.1, -0.05) is 5.16 Å². The number of amides is 2. The molecule has 0 aromatic carbocycles. The van der Waals surface area contributed by atoms with E-state index in [2.05, 4.69) is 10.1 Å². The fourth-order valence-corrected chi connectivity index (χ4v) is 3.82. The van der Waals surface area contributed by atoms with Gasteiger partial charge in [0.1, 0.15) is 0 Å². The highest BCUT2D eigenvalue weighted by Gasteiger charge is 2.36. The van der Waals surface area contributed by atoms with Crippen molar-refractivity contribution in [1.29, 1.82) is 0 Å². The van der Waals surface area contributed by atoms with Crippen LogP contribution < -0.4 is 0 Å². The normalized spacial score (nSPS) is 27.8. The average Bonchev–Trinajstić information content (AvgIpc) is 3.24. The van der Waals surface area contributed by atoms with Crippen LogP contribution in [0.4, 0.5) is 0 Å². The highest BCUT2D eigenvalue weighted by atomic mass is 16.5. The van der Waals surface area contributed by atoms with Gasteiger partial charge in [-0.25, -0.2) is 0 Å². The molecule has 7 heteroatoms. The first-order chi connectivity index (χ1) is 11.6. The van der Waals surface area contributed by atoms with Gasteiger partial charge in [0.25, 0.3) is 0 Å². The fourth-order valence-electron chi connectivity index (χ4n) is 3.82. The molecule has 3 fully saturated rings. The molecule has 0 radical (unpaired) electrons. The molecule has 24 heavy (non-hydrogen) atoms. The molecule has 2 atom stereocenters. The highest BCUT2D eigenvalue weighted by molar-refractivity contribution is 5.89. The van der Waals surface area contributed by atoms with Gasteiger partial charge in [-0.2, -0.15) is 4.98 Å². The molecule has 2 aliphatic heterocycles. The number of hydrogen-bond acceptors (Lipinski definition) is 5. The highest BCUT2D eigenvalue weighted by Crippen LogP contribution is 2.38. The minimum absolute atomic E-state index is 0.0698. The van der Waals surface area contributed by atoms with E-state index in [1.807, 2.05) is 4.90 Å². The zero-order valence-electron chi connectivity index (χ0n) is 14.1. The lowest BCUT2D eigenvalue weighted by molar-refractivity contribution is -0.137. The maximum atomic E-state index is 12.7. The van der Waals surface area contributed by atoms with Crippen molar-refractivity contribution in [2.24, 2.45) is 11.8 Å². The van der Waals surface area contributed by atoms with Crippen LogP contribution in [0.25, 0.3) is 0 Å². The smallest absolute Gasteiger partial charge is 0.228 e. The van der Waals surface area contributed by atoms with E-state index in [1.165, 1.54) is 12.8 Å². The summed E-state index contributed by atoms with van der Waals surface area (Å²) < 4.78 is 5.38. The third-order valence-corrected chi connectivity index (χ3v) is 5.41. The molecule has 0 spiro atoms. The molecule has 130 valence electrons. The third-order valence-electron chi connectivity index (χ3n) is 5.41. The van der Waals surface area contributed by atoms with Crippen molar-refractivity contribution in [2.45, 2.75) is 44.4 Å². The van der Waals surface area contributed by atoms with E-state index in [0.717, 1.165) is 38.2 Å². The Morgan fingerprint density at radius 1 is 1.29 bits per heavy atom. The van der Waals surface area contributed by atoms with E-state index < -0.39 is 0 Å². The van der Waals surface area contributed by atoms with Crippen LogP contribution in [0.2, 0.25) is 0 Å². The molecule has 7 nitrogen and oxygen atoms in total. The second kappa shape index (κ2) is 6.18. The van der Waals surface area contributed by atoms with E-state index in [1.54, 1.807) is 11.9 Å². The van der Waals surface area contributed by atoms with Crippen LogP contribution in [0.1, 0.15) is 49.7 Å². The summed E-state index contributed by atoms with van der Waals surface area (Å²) in [5, 5.41) is 4.07. The molecule has 3 heterocycles. The Balaban J connectivity index is 1.34. The first-order valence-corrected chi connectivity index (χ1v) is 8.95. The molecule has 4 rings (SSSR count). The van der Waals surface area contributed by atoms with Crippen LogP contribution in [0.5, 0.6) is 0 Å². The third kappa shape index (κ3) is 3.16. The summed E-state index contributed by atoms with van der Waals surface area (Å²) in [4.78, 5) is 32.4. The quantitative estimate of drug-likeness (QED) is 0.828. The first-order valence-electron chi connectivity index (χ1n) is 8.95. The summed E-state index contributed by atoms with van der Waals surface area (Å²) in [5.74, 6) is 2.44. The molecule has 1 aromatic rings. The monoisotopic (exact) mass is 332 g/mol. The van der Waals surface area contributed by atoms with Gasteiger partial charge < -0.3 is 14.3 Å². The Bertz CT molecular complexity index is 640. The van der Waals surface area contributed by atoms with Crippen molar-refractivity contribution in [3.8, 4) is 0 Å². The maximum Gasteiger partial charge on any atom is 0.228 e. The van der Waals surface area contributed by atoms with Gasteiger partial charge in [0.05, 0.1) is 5.92 Å². The molecule has 0 bridgehead atoms. The Kier molecular flexibility index (Phi) is 4.02. The zero-order chi connectivity index (χ0) is 16.7. The molecule has 3 aliphatic rings. The molecule has 2 amide bonds. The van der Waals surface area contributed by atoms with Crippen LogP contribution >= 0.6 is 0 Å². The van der Waals surface area contributed by atoms with Crippen LogP contribution in [-0.2, 0) is 16.0 Å². The van der Waals surface area contributed by atoms with Gasteiger partial charge in [0, 0.05) is 45.4 Å². The second-order valence-corrected chi connectivity index (χ2v) is 7.49. The van der Waals surface area contributed by atoms with E-state index >= 15 is 0 Å². The molecule has 2 saturated heterocycles. The average molecular weight is 332 g/mol. The van der Waals surface area contributed by atoms with Gasteiger partial charge in [-0.05, 0) is 31.6 Å². The molecule has 1 aliphatic carbocycles. The summed E-state index contributed by atoms with van der Waals surface area (Å²) in [7, 11) is 1.77. The predicted octanol–water partition coefficient (Wildman–Crippen LogP) is 1.21. The van der Waals surface area contributed by atoms with Gasteiger partial charge in [0.15, 0.2) is 5.82 Å². The topological polar surface area (TPSA) is 79.5 Å². The van der Waals surface area contributed by atoms with Crippen molar-refractivity contribution >= 4 is 11.8 Å². The Morgan fingerprint density at radius 2 is 2.12 bits per heavy atom. The van der Waals surface area contributed by atoms with Crippen molar-refractivity contribution < 1.29 is 14.1 Å². The minimum atomic E-state index is -0.175. The van der Waals surface area contributed by atoms with Crippen LogP contribution in [0.3, 0.4) is 0 Å². The zero-order valence-corrected chi connectivity index (χ0v) is 14.1. The number of aromatic nitrogens is 2.